The Morgan fingerprint density at radius 2 is 1.64 bits per heavy atom. The smallest absolute Gasteiger partial charge is 0.0662 e. The summed E-state index contributed by atoms with van der Waals surface area (Å²) in [6, 6.07) is 4.41. The van der Waals surface area contributed by atoms with Crippen LogP contribution in [0.25, 0.3) is 0 Å². The summed E-state index contributed by atoms with van der Waals surface area (Å²) in [5, 5.41) is 9.35. The van der Waals surface area contributed by atoms with E-state index in [0.29, 0.717) is 23.7 Å². The van der Waals surface area contributed by atoms with E-state index < -0.39 is 0 Å². The zero-order chi connectivity index (χ0) is 16.4. The zero-order valence-corrected chi connectivity index (χ0v) is 15.0. The van der Waals surface area contributed by atoms with Gasteiger partial charge in [-0.15, -0.1) is 0 Å². The summed E-state index contributed by atoms with van der Waals surface area (Å²) in [6.45, 7) is 11.3. The van der Waals surface area contributed by atoms with Crippen LogP contribution in [0.4, 0.5) is 0 Å². The van der Waals surface area contributed by atoms with Gasteiger partial charge >= 0.3 is 0 Å². The molecule has 0 amide bonds. The van der Waals surface area contributed by atoms with E-state index in [1.807, 2.05) is 17.9 Å². The highest BCUT2D eigenvalue weighted by Crippen LogP contribution is 2.34. The summed E-state index contributed by atoms with van der Waals surface area (Å²) in [7, 11) is 4.04. The summed E-state index contributed by atoms with van der Waals surface area (Å²) in [5.74, 6) is 1.93. The van der Waals surface area contributed by atoms with Crippen LogP contribution in [0.2, 0.25) is 0 Å². The van der Waals surface area contributed by atoms with E-state index in [4.69, 9.17) is 5.10 Å². The molecule has 0 fully saturated rings. The first-order valence-corrected chi connectivity index (χ1v) is 8.38. The number of aryl methyl sites for hydroxylation is 2. The lowest BCUT2D eigenvalue weighted by Gasteiger charge is -2.19. The molecule has 0 aliphatic rings. The Bertz CT molecular complexity index is 608. The van der Waals surface area contributed by atoms with Crippen molar-refractivity contribution in [3.63, 3.8) is 0 Å². The summed E-state index contributed by atoms with van der Waals surface area (Å²) in [4.78, 5) is 0. The lowest BCUT2D eigenvalue weighted by Crippen LogP contribution is -2.10. The summed E-state index contributed by atoms with van der Waals surface area (Å²) in [5.41, 5.74) is 3.67. The van der Waals surface area contributed by atoms with Crippen LogP contribution in [0.3, 0.4) is 0 Å². The highest BCUT2D eigenvalue weighted by atomic mass is 15.3. The van der Waals surface area contributed by atoms with Gasteiger partial charge in [0.25, 0.3) is 0 Å². The number of rotatable bonds is 6. The molecule has 0 bridgehead atoms. The zero-order valence-electron chi connectivity index (χ0n) is 15.0. The Morgan fingerprint density at radius 3 is 2.14 bits per heavy atom. The van der Waals surface area contributed by atoms with Gasteiger partial charge in [-0.2, -0.15) is 10.2 Å². The van der Waals surface area contributed by atoms with Gasteiger partial charge in [0.1, 0.15) is 0 Å². The molecule has 0 aliphatic heterocycles. The van der Waals surface area contributed by atoms with Crippen molar-refractivity contribution in [3.05, 3.63) is 35.4 Å². The third-order valence-corrected chi connectivity index (χ3v) is 4.98. The van der Waals surface area contributed by atoms with Crippen molar-refractivity contribution >= 4 is 0 Å². The molecule has 22 heavy (non-hydrogen) atoms. The average Bonchev–Trinajstić information content (AvgIpc) is 3.05. The second-order valence-electron chi connectivity index (χ2n) is 6.87. The summed E-state index contributed by atoms with van der Waals surface area (Å²) >= 11 is 0. The molecule has 0 saturated heterocycles. The first-order chi connectivity index (χ1) is 10.3. The van der Waals surface area contributed by atoms with E-state index in [9.17, 15) is 0 Å². The minimum absolute atomic E-state index is 0.361. The van der Waals surface area contributed by atoms with Gasteiger partial charge < -0.3 is 0 Å². The monoisotopic (exact) mass is 302 g/mol. The van der Waals surface area contributed by atoms with E-state index in [-0.39, 0.29) is 0 Å². The van der Waals surface area contributed by atoms with Crippen molar-refractivity contribution in [2.75, 3.05) is 0 Å². The van der Waals surface area contributed by atoms with Gasteiger partial charge in [-0.05, 0) is 24.5 Å². The first kappa shape index (κ1) is 16.8. The number of aromatic nitrogens is 4. The molecule has 3 atom stereocenters. The molecule has 122 valence electrons. The van der Waals surface area contributed by atoms with Crippen LogP contribution in [0.5, 0.6) is 0 Å². The molecular weight excluding hydrogens is 272 g/mol. The molecule has 4 heteroatoms. The van der Waals surface area contributed by atoms with E-state index in [2.05, 4.69) is 63.6 Å². The molecule has 2 rings (SSSR count). The molecule has 0 aliphatic carbocycles. The second-order valence-corrected chi connectivity index (χ2v) is 6.87. The second kappa shape index (κ2) is 6.67. The van der Waals surface area contributed by atoms with Gasteiger partial charge in [-0.1, -0.05) is 34.6 Å². The topological polar surface area (TPSA) is 35.6 Å². The van der Waals surface area contributed by atoms with Gasteiger partial charge in [0, 0.05) is 43.7 Å². The molecule has 2 unspecified atom stereocenters. The molecule has 2 aromatic heterocycles. The molecule has 2 heterocycles. The number of hydrogen-bond donors (Lipinski definition) is 0. The Balaban J connectivity index is 2.25. The molecule has 4 nitrogen and oxygen atoms in total. The highest BCUT2D eigenvalue weighted by molar-refractivity contribution is 5.22. The van der Waals surface area contributed by atoms with Gasteiger partial charge in [0.2, 0.25) is 0 Å². The third-order valence-electron chi connectivity index (χ3n) is 4.98. The molecule has 0 spiro atoms. The van der Waals surface area contributed by atoms with Crippen LogP contribution in [-0.2, 0) is 14.1 Å². The molecular formula is C18H30N4. The van der Waals surface area contributed by atoms with E-state index in [0.717, 1.165) is 12.1 Å². The van der Waals surface area contributed by atoms with E-state index >= 15 is 0 Å². The van der Waals surface area contributed by atoms with Crippen molar-refractivity contribution in [1.29, 1.82) is 0 Å². The molecule has 0 radical (unpaired) electrons. The standard InChI is InChI=1S/C18H30N4/c1-8-15(12(2)3)18-11-17(20-22(18)7)14(5)13(4)16-9-10-21(6)19-16/h9-15H,8H2,1-7H3/t13?,14-,15?/m0/s1. The van der Waals surface area contributed by atoms with Crippen molar-refractivity contribution in [1.82, 2.24) is 19.6 Å². The van der Waals surface area contributed by atoms with Crippen LogP contribution in [0.15, 0.2) is 18.3 Å². The van der Waals surface area contributed by atoms with Crippen LogP contribution >= 0.6 is 0 Å². The minimum atomic E-state index is 0.361. The largest absolute Gasteiger partial charge is 0.276 e. The fourth-order valence-electron chi connectivity index (χ4n) is 3.28. The fourth-order valence-corrected chi connectivity index (χ4v) is 3.28. The van der Waals surface area contributed by atoms with Gasteiger partial charge in [0.05, 0.1) is 11.4 Å². The summed E-state index contributed by atoms with van der Waals surface area (Å²) in [6.07, 6.45) is 3.16. The Kier molecular flexibility index (Phi) is 5.09. The van der Waals surface area contributed by atoms with Crippen molar-refractivity contribution in [2.45, 2.75) is 58.8 Å². The normalized spacial score (nSPS) is 16.0. The predicted molar refractivity (Wildman–Crippen MR) is 91.1 cm³/mol. The highest BCUT2D eigenvalue weighted by Gasteiger charge is 2.24. The summed E-state index contributed by atoms with van der Waals surface area (Å²) < 4.78 is 3.94. The molecule has 0 N–H and O–H groups in total. The van der Waals surface area contributed by atoms with Gasteiger partial charge in [-0.25, -0.2) is 0 Å². The van der Waals surface area contributed by atoms with Crippen molar-refractivity contribution < 1.29 is 0 Å². The molecule has 0 saturated carbocycles. The van der Waals surface area contributed by atoms with Crippen LogP contribution in [-0.4, -0.2) is 19.6 Å². The van der Waals surface area contributed by atoms with E-state index in [1.165, 1.54) is 11.4 Å². The van der Waals surface area contributed by atoms with Crippen LogP contribution in [0.1, 0.15) is 75.9 Å². The molecule has 0 aromatic carbocycles. The maximum atomic E-state index is 4.80. The maximum Gasteiger partial charge on any atom is 0.0662 e. The SMILES string of the molecule is CCC(c1cc([C@@H](C)C(C)c2ccn(C)n2)nn1C)C(C)C. The fraction of sp³-hybridized carbons (Fsp3) is 0.667. The lowest BCUT2D eigenvalue weighted by molar-refractivity contribution is 0.454. The predicted octanol–water partition coefficient (Wildman–Crippen LogP) is 4.21. The number of hydrogen-bond acceptors (Lipinski definition) is 2. The first-order valence-electron chi connectivity index (χ1n) is 8.38. The van der Waals surface area contributed by atoms with E-state index in [1.54, 1.807) is 0 Å². The van der Waals surface area contributed by atoms with Gasteiger partial charge in [-0.3, -0.25) is 9.36 Å². The average molecular weight is 302 g/mol. The van der Waals surface area contributed by atoms with Crippen LogP contribution < -0.4 is 0 Å². The Morgan fingerprint density at radius 1 is 1.00 bits per heavy atom. The van der Waals surface area contributed by atoms with Crippen molar-refractivity contribution in [2.24, 2.45) is 20.0 Å². The Labute approximate surface area is 134 Å². The van der Waals surface area contributed by atoms with Gasteiger partial charge in [0.15, 0.2) is 0 Å². The quantitative estimate of drug-likeness (QED) is 0.801. The molecule has 2 aromatic rings. The van der Waals surface area contributed by atoms with Crippen molar-refractivity contribution in [3.8, 4) is 0 Å². The minimum Gasteiger partial charge on any atom is -0.276 e. The third kappa shape index (κ3) is 3.26. The lowest BCUT2D eigenvalue weighted by atomic mass is 9.87. The Hall–Kier alpha value is -1.58. The van der Waals surface area contributed by atoms with Crippen LogP contribution in [0, 0.1) is 5.92 Å². The number of nitrogens with zero attached hydrogens (tertiary/aromatic N) is 4. The maximum absolute atomic E-state index is 4.80.